The molecule has 0 atom stereocenters. The summed E-state index contributed by atoms with van der Waals surface area (Å²) in [5.41, 5.74) is 2.00. The molecule has 0 aliphatic carbocycles. The van der Waals surface area contributed by atoms with Gasteiger partial charge in [0, 0.05) is 8.80 Å². The van der Waals surface area contributed by atoms with E-state index in [4.69, 9.17) is 18.6 Å². The normalized spacial score (nSPS) is 25.0. The van der Waals surface area contributed by atoms with Gasteiger partial charge in [-0.15, -0.1) is 0 Å². The Morgan fingerprint density at radius 1 is 0.714 bits per heavy atom. The average molecular weight is 401 g/mol. The highest BCUT2D eigenvalue weighted by Crippen LogP contribution is 2.38. The first-order valence-electron chi connectivity index (χ1n) is 10.3. The molecule has 0 aromatic heterocycles. The monoisotopic (exact) mass is 401 g/mol. The van der Waals surface area contributed by atoms with E-state index in [0.717, 1.165) is 17.0 Å². The van der Waals surface area contributed by atoms with Crippen LogP contribution in [0.25, 0.3) is 0 Å². The molecule has 1 radical (unpaired) electrons. The largest absolute Gasteiger partial charge is 0.495 e. The van der Waals surface area contributed by atoms with E-state index >= 15 is 0 Å². The summed E-state index contributed by atoms with van der Waals surface area (Å²) in [4.78, 5) is 0. The van der Waals surface area contributed by atoms with Crippen LogP contribution in [0.3, 0.4) is 0 Å². The summed E-state index contributed by atoms with van der Waals surface area (Å²) in [6, 6.07) is 7.59. The molecule has 153 valence electrons. The van der Waals surface area contributed by atoms with Gasteiger partial charge in [0.25, 0.3) is 0 Å². The molecule has 1 aromatic carbocycles. The molecule has 0 bridgehead atoms. The van der Waals surface area contributed by atoms with Crippen molar-refractivity contribution in [3.05, 3.63) is 23.8 Å². The molecule has 2 aliphatic rings. The lowest BCUT2D eigenvalue weighted by molar-refractivity contribution is 0.00578. The Labute approximate surface area is 173 Å². The summed E-state index contributed by atoms with van der Waals surface area (Å²) >= 11 is 0. The van der Waals surface area contributed by atoms with Gasteiger partial charge >= 0.3 is 14.2 Å². The minimum absolute atomic E-state index is 0.357. The molecule has 0 unspecified atom stereocenters. The number of rotatable bonds is 4. The van der Waals surface area contributed by atoms with Crippen LogP contribution in [0, 0.1) is 0 Å². The van der Waals surface area contributed by atoms with Crippen LogP contribution in [0.1, 0.15) is 61.0 Å². The molecule has 4 nitrogen and oxygen atoms in total. The molecule has 3 rings (SSSR count). The molecule has 0 N–H and O–H groups in total. The fraction of sp³-hybridized carbons (Fsp3) is 0.714. The molecule has 7 heteroatoms. The van der Waals surface area contributed by atoms with Crippen LogP contribution in [-0.4, -0.2) is 45.4 Å². The lowest BCUT2D eigenvalue weighted by Gasteiger charge is -2.32. The average Bonchev–Trinajstić information content (AvgIpc) is 2.86. The standard InChI is InChI=1S/C21H35B2O4Si/c1-18(2)19(3,4)25-22(24-18)16-12-11-15(14-28(9)10)17(13-16)23-26-20(5,6)21(7,8)27-23/h11-13H,14H2,1-10H3. The summed E-state index contributed by atoms with van der Waals surface area (Å²) < 4.78 is 25.3. The second-order valence-electron chi connectivity index (χ2n) is 10.5. The zero-order chi connectivity index (χ0) is 21.1. The van der Waals surface area contributed by atoms with Crippen LogP contribution in [-0.2, 0) is 24.7 Å². The minimum atomic E-state index is -0.436. The van der Waals surface area contributed by atoms with Crippen molar-refractivity contribution in [2.45, 2.75) is 96.9 Å². The quantitative estimate of drug-likeness (QED) is 0.727. The SMILES string of the molecule is C[Si](C)Cc1ccc(B2OC(C)(C)C(C)(C)O2)cc1B1OC(C)(C)C(C)(C)O1. The summed E-state index contributed by atoms with van der Waals surface area (Å²) in [6.07, 6.45) is 0. The first-order valence-corrected chi connectivity index (χ1v) is 13.0. The van der Waals surface area contributed by atoms with Gasteiger partial charge in [-0.25, -0.2) is 0 Å². The van der Waals surface area contributed by atoms with Crippen molar-refractivity contribution in [3.63, 3.8) is 0 Å². The number of benzene rings is 1. The van der Waals surface area contributed by atoms with Crippen molar-refractivity contribution in [1.29, 1.82) is 0 Å². The fourth-order valence-electron chi connectivity index (χ4n) is 3.47. The number of hydrogen-bond acceptors (Lipinski definition) is 4. The van der Waals surface area contributed by atoms with Crippen molar-refractivity contribution in [3.8, 4) is 0 Å². The van der Waals surface area contributed by atoms with E-state index in [1.807, 2.05) is 0 Å². The van der Waals surface area contributed by atoms with Crippen LogP contribution in [0.5, 0.6) is 0 Å². The Morgan fingerprint density at radius 3 is 1.57 bits per heavy atom. The molecule has 2 saturated heterocycles. The first-order chi connectivity index (χ1) is 12.7. The molecule has 2 fully saturated rings. The van der Waals surface area contributed by atoms with Gasteiger partial charge in [0.15, 0.2) is 0 Å². The maximum absolute atomic E-state index is 6.38. The lowest BCUT2D eigenvalue weighted by atomic mass is 9.70. The number of hydrogen-bond donors (Lipinski definition) is 0. The molecule has 28 heavy (non-hydrogen) atoms. The van der Waals surface area contributed by atoms with Gasteiger partial charge in [-0.2, -0.15) is 0 Å². The molecule has 0 saturated carbocycles. The van der Waals surface area contributed by atoms with Crippen molar-refractivity contribution in [1.82, 2.24) is 0 Å². The smallest absolute Gasteiger partial charge is 0.399 e. The zero-order valence-corrected chi connectivity index (χ0v) is 20.2. The molecule has 1 aromatic rings. The molecular weight excluding hydrogens is 366 g/mol. The van der Waals surface area contributed by atoms with E-state index in [2.05, 4.69) is 86.7 Å². The van der Waals surface area contributed by atoms with Gasteiger partial charge in [-0.3, -0.25) is 0 Å². The van der Waals surface area contributed by atoms with Gasteiger partial charge < -0.3 is 18.6 Å². The fourth-order valence-corrected chi connectivity index (χ4v) is 4.55. The molecule has 0 amide bonds. The second-order valence-corrected chi connectivity index (χ2v) is 13.3. The predicted molar refractivity (Wildman–Crippen MR) is 119 cm³/mol. The highest BCUT2D eigenvalue weighted by Gasteiger charge is 2.54. The van der Waals surface area contributed by atoms with Crippen LogP contribution in [0.2, 0.25) is 13.1 Å². The Balaban J connectivity index is 1.98. The first kappa shape index (κ1) is 22.1. The summed E-state index contributed by atoms with van der Waals surface area (Å²) in [5, 5.41) is 0. The van der Waals surface area contributed by atoms with E-state index in [0.29, 0.717) is 0 Å². The third-order valence-electron chi connectivity index (χ3n) is 6.75. The zero-order valence-electron chi connectivity index (χ0n) is 19.2. The maximum Gasteiger partial charge on any atom is 0.495 e. The molecule has 0 spiro atoms. The van der Waals surface area contributed by atoms with Gasteiger partial charge in [-0.05, 0) is 72.4 Å². The van der Waals surface area contributed by atoms with E-state index in [1.165, 1.54) is 5.56 Å². The third kappa shape index (κ3) is 3.89. The van der Waals surface area contributed by atoms with Crippen molar-refractivity contribution in [2.24, 2.45) is 0 Å². The topological polar surface area (TPSA) is 36.9 Å². The van der Waals surface area contributed by atoms with Crippen molar-refractivity contribution in [2.75, 3.05) is 0 Å². The predicted octanol–water partition coefficient (Wildman–Crippen LogP) is 3.12. The van der Waals surface area contributed by atoms with E-state index in [-0.39, 0.29) is 36.6 Å². The molecule has 2 heterocycles. The van der Waals surface area contributed by atoms with E-state index in [1.54, 1.807) is 0 Å². The second kappa shape index (κ2) is 6.98. The Morgan fingerprint density at radius 2 is 1.14 bits per heavy atom. The summed E-state index contributed by atoms with van der Waals surface area (Å²) in [7, 11) is -1.19. The van der Waals surface area contributed by atoms with Crippen molar-refractivity contribution >= 4 is 34.0 Å². The third-order valence-corrected chi connectivity index (χ3v) is 7.83. The van der Waals surface area contributed by atoms with Gasteiger partial charge in [0.1, 0.15) is 0 Å². The van der Waals surface area contributed by atoms with Gasteiger partial charge in [0.2, 0.25) is 0 Å². The minimum Gasteiger partial charge on any atom is -0.399 e. The van der Waals surface area contributed by atoms with Crippen LogP contribution in [0.4, 0.5) is 0 Å². The lowest BCUT2D eigenvalue weighted by Crippen LogP contribution is -2.43. The molecule has 2 aliphatic heterocycles. The van der Waals surface area contributed by atoms with Crippen LogP contribution >= 0.6 is 0 Å². The highest BCUT2D eigenvalue weighted by molar-refractivity contribution is 6.66. The Kier molecular flexibility index (Phi) is 5.51. The van der Waals surface area contributed by atoms with Crippen molar-refractivity contribution < 1.29 is 18.6 Å². The van der Waals surface area contributed by atoms with Gasteiger partial charge in [0.05, 0.1) is 22.4 Å². The van der Waals surface area contributed by atoms with E-state index in [9.17, 15) is 0 Å². The van der Waals surface area contributed by atoms with Crippen LogP contribution < -0.4 is 10.9 Å². The molecular formula is C21H35B2O4Si. The summed E-state index contributed by atoms with van der Waals surface area (Å²) in [6.45, 7) is 21.4. The highest BCUT2D eigenvalue weighted by atomic mass is 28.3. The van der Waals surface area contributed by atoms with Crippen LogP contribution in [0.15, 0.2) is 18.2 Å². The summed E-state index contributed by atoms with van der Waals surface area (Å²) in [5.74, 6) is 0. The Bertz CT molecular complexity index is 714. The van der Waals surface area contributed by atoms with Gasteiger partial charge in [-0.1, -0.05) is 36.9 Å². The maximum atomic E-state index is 6.38. The Hall–Kier alpha value is -0.593. The van der Waals surface area contributed by atoms with E-state index < -0.39 is 8.80 Å².